The summed E-state index contributed by atoms with van der Waals surface area (Å²) in [6.45, 7) is 5.49. The zero-order valence-electron chi connectivity index (χ0n) is 8.31. The quantitative estimate of drug-likeness (QED) is 0.732. The fraction of sp³-hybridized carbons (Fsp3) is 1.00. The van der Waals surface area contributed by atoms with Crippen LogP contribution >= 0.6 is 11.8 Å². The Hall–Kier alpha value is 0.310. The Labute approximate surface area is 80.5 Å². The lowest BCUT2D eigenvalue weighted by atomic mass is 9.90. The molecule has 1 fully saturated rings. The largest absolute Gasteiger partial charge is 0.329 e. The first kappa shape index (κ1) is 10.4. The molecule has 2 heteroatoms. The van der Waals surface area contributed by atoms with E-state index in [2.05, 4.69) is 25.6 Å². The first-order chi connectivity index (χ1) is 5.72. The summed E-state index contributed by atoms with van der Waals surface area (Å²) in [5, 5.41) is 0. The van der Waals surface area contributed by atoms with Gasteiger partial charge in [-0.05, 0) is 30.9 Å². The third-order valence-corrected chi connectivity index (χ3v) is 4.62. The van der Waals surface area contributed by atoms with E-state index >= 15 is 0 Å². The summed E-state index contributed by atoms with van der Waals surface area (Å²) in [7, 11) is 0. The zero-order valence-corrected chi connectivity index (χ0v) is 9.12. The van der Waals surface area contributed by atoms with Crippen LogP contribution in [0.2, 0.25) is 0 Å². The van der Waals surface area contributed by atoms with E-state index in [9.17, 15) is 0 Å². The number of thioether (sulfide) groups is 1. The van der Waals surface area contributed by atoms with Crippen molar-refractivity contribution in [2.45, 2.75) is 44.3 Å². The van der Waals surface area contributed by atoms with Crippen molar-refractivity contribution in [1.29, 1.82) is 0 Å². The van der Waals surface area contributed by atoms with Crippen LogP contribution in [0.4, 0.5) is 0 Å². The summed E-state index contributed by atoms with van der Waals surface area (Å²) in [5.41, 5.74) is 5.85. The predicted molar refractivity (Wildman–Crippen MR) is 57.5 cm³/mol. The van der Waals surface area contributed by atoms with Crippen LogP contribution in [-0.2, 0) is 0 Å². The Bertz CT molecular complexity index is 130. The molecule has 2 unspecified atom stereocenters. The van der Waals surface area contributed by atoms with Gasteiger partial charge in [0.2, 0.25) is 0 Å². The van der Waals surface area contributed by atoms with Crippen LogP contribution in [0.3, 0.4) is 0 Å². The third kappa shape index (κ3) is 2.40. The highest BCUT2D eigenvalue weighted by molar-refractivity contribution is 8.00. The van der Waals surface area contributed by atoms with E-state index in [4.69, 9.17) is 5.73 Å². The van der Waals surface area contributed by atoms with Gasteiger partial charge in [-0.15, -0.1) is 0 Å². The lowest BCUT2D eigenvalue weighted by molar-refractivity contribution is 0.412. The van der Waals surface area contributed by atoms with Crippen molar-refractivity contribution in [3.63, 3.8) is 0 Å². The van der Waals surface area contributed by atoms with Crippen LogP contribution in [0.25, 0.3) is 0 Å². The van der Waals surface area contributed by atoms with Crippen LogP contribution in [0.1, 0.15) is 39.5 Å². The molecule has 1 nitrogen and oxygen atoms in total. The normalized spacial score (nSPS) is 32.2. The van der Waals surface area contributed by atoms with Crippen LogP contribution in [-0.4, -0.2) is 17.0 Å². The van der Waals surface area contributed by atoms with E-state index in [0.29, 0.717) is 4.75 Å². The Morgan fingerprint density at radius 2 is 2.33 bits per heavy atom. The lowest BCUT2D eigenvalue weighted by Crippen LogP contribution is -2.33. The molecule has 72 valence electrons. The molecule has 0 aromatic heterocycles. The maximum atomic E-state index is 5.85. The van der Waals surface area contributed by atoms with E-state index in [1.54, 1.807) is 0 Å². The van der Waals surface area contributed by atoms with Gasteiger partial charge in [0.15, 0.2) is 0 Å². The summed E-state index contributed by atoms with van der Waals surface area (Å²) in [5.74, 6) is 2.17. The fourth-order valence-electron chi connectivity index (χ4n) is 1.94. The van der Waals surface area contributed by atoms with Crippen LogP contribution in [0.5, 0.6) is 0 Å². The minimum atomic E-state index is 0.454. The van der Waals surface area contributed by atoms with E-state index in [1.165, 1.54) is 31.4 Å². The second kappa shape index (κ2) is 4.52. The van der Waals surface area contributed by atoms with Gasteiger partial charge in [-0.2, -0.15) is 11.8 Å². The molecular formula is C10H21NS. The molecule has 2 atom stereocenters. The van der Waals surface area contributed by atoms with Crippen LogP contribution in [0.15, 0.2) is 0 Å². The first-order valence-electron chi connectivity index (χ1n) is 5.06. The topological polar surface area (TPSA) is 26.0 Å². The van der Waals surface area contributed by atoms with Crippen molar-refractivity contribution < 1.29 is 0 Å². The summed E-state index contributed by atoms with van der Waals surface area (Å²) < 4.78 is 0.454. The summed E-state index contributed by atoms with van der Waals surface area (Å²) in [6.07, 6.45) is 5.34. The van der Waals surface area contributed by atoms with Crippen LogP contribution < -0.4 is 5.73 Å². The SMILES string of the molecule is CCC(C)CC1(CN)CCCS1. The van der Waals surface area contributed by atoms with Gasteiger partial charge in [0, 0.05) is 11.3 Å². The Kier molecular flexibility index (Phi) is 3.91. The monoisotopic (exact) mass is 187 g/mol. The Morgan fingerprint density at radius 3 is 2.75 bits per heavy atom. The summed E-state index contributed by atoms with van der Waals surface area (Å²) in [4.78, 5) is 0. The minimum Gasteiger partial charge on any atom is -0.329 e. The second-order valence-corrected chi connectivity index (χ2v) is 5.62. The van der Waals surface area contributed by atoms with Gasteiger partial charge in [-0.1, -0.05) is 20.3 Å². The predicted octanol–water partition coefficient (Wildman–Crippen LogP) is 2.65. The molecule has 1 aliphatic heterocycles. The molecule has 0 aliphatic carbocycles. The maximum Gasteiger partial charge on any atom is 0.0285 e. The standard InChI is InChI=1S/C10H21NS/c1-3-9(2)7-10(8-11)5-4-6-12-10/h9H,3-8,11H2,1-2H3. The highest BCUT2D eigenvalue weighted by atomic mass is 32.2. The van der Waals surface area contributed by atoms with Crippen molar-refractivity contribution in [3.8, 4) is 0 Å². The molecule has 1 heterocycles. The lowest BCUT2D eigenvalue weighted by Gasteiger charge is -2.29. The van der Waals surface area contributed by atoms with Crippen LogP contribution in [0, 0.1) is 5.92 Å². The minimum absolute atomic E-state index is 0.454. The number of hydrogen-bond donors (Lipinski definition) is 1. The van der Waals surface area contributed by atoms with E-state index in [1.807, 2.05) is 0 Å². The van der Waals surface area contributed by atoms with Gasteiger partial charge in [0.05, 0.1) is 0 Å². The van der Waals surface area contributed by atoms with Crippen molar-refractivity contribution in [2.75, 3.05) is 12.3 Å². The molecule has 0 amide bonds. The highest BCUT2D eigenvalue weighted by Crippen LogP contribution is 2.42. The summed E-state index contributed by atoms with van der Waals surface area (Å²) in [6, 6.07) is 0. The number of rotatable bonds is 4. The van der Waals surface area contributed by atoms with Gasteiger partial charge in [-0.3, -0.25) is 0 Å². The Balaban J connectivity index is 2.43. The van der Waals surface area contributed by atoms with Gasteiger partial charge in [-0.25, -0.2) is 0 Å². The zero-order chi connectivity index (χ0) is 9.03. The molecule has 1 rings (SSSR count). The van der Waals surface area contributed by atoms with E-state index in [0.717, 1.165) is 12.5 Å². The van der Waals surface area contributed by atoms with Crippen molar-refractivity contribution in [1.82, 2.24) is 0 Å². The molecule has 0 aromatic rings. The average Bonchev–Trinajstić information content (AvgIpc) is 2.54. The van der Waals surface area contributed by atoms with E-state index in [-0.39, 0.29) is 0 Å². The molecule has 0 aromatic carbocycles. The average molecular weight is 187 g/mol. The van der Waals surface area contributed by atoms with E-state index < -0.39 is 0 Å². The molecule has 0 saturated carbocycles. The molecule has 2 N–H and O–H groups in total. The first-order valence-corrected chi connectivity index (χ1v) is 6.05. The number of hydrogen-bond acceptors (Lipinski definition) is 2. The molecule has 12 heavy (non-hydrogen) atoms. The second-order valence-electron chi connectivity index (χ2n) is 4.06. The van der Waals surface area contributed by atoms with Gasteiger partial charge < -0.3 is 5.73 Å². The smallest absolute Gasteiger partial charge is 0.0285 e. The van der Waals surface area contributed by atoms with Crippen molar-refractivity contribution in [3.05, 3.63) is 0 Å². The van der Waals surface area contributed by atoms with Crippen molar-refractivity contribution in [2.24, 2.45) is 11.7 Å². The molecule has 0 spiro atoms. The van der Waals surface area contributed by atoms with Gasteiger partial charge in [0.1, 0.15) is 0 Å². The highest BCUT2D eigenvalue weighted by Gasteiger charge is 2.33. The molecule has 0 bridgehead atoms. The third-order valence-electron chi connectivity index (χ3n) is 2.97. The fourth-order valence-corrected chi connectivity index (χ4v) is 3.47. The molecule has 1 aliphatic rings. The number of nitrogens with two attached hydrogens (primary N) is 1. The molecular weight excluding hydrogens is 166 g/mol. The summed E-state index contributed by atoms with van der Waals surface area (Å²) >= 11 is 2.11. The van der Waals surface area contributed by atoms with Gasteiger partial charge in [0.25, 0.3) is 0 Å². The molecule has 1 saturated heterocycles. The maximum absolute atomic E-state index is 5.85. The van der Waals surface area contributed by atoms with Gasteiger partial charge >= 0.3 is 0 Å². The molecule has 0 radical (unpaired) electrons. The Morgan fingerprint density at radius 1 is 1.58 bits per heavy atom. The van der Waals surface area contributed by atoms with Crippen molar-refractivity contribution >= 4 is 11.8 Å².